The number of rotatable bonds is 9. The summed E-state index contributed by atoms with van der Waals surface area (Å²) < 4.78 is 49.4. The van der Waals surface area contributed by atoms with Crippen LogP contribution in [-0.2, 0) is 4.43 Å². The predicted molar refractivity (Wildman–Crippen MR) is 182 cm³/mol. The number of aromatic nitrogens is 3. The molecule has 0 radical (unpaired) electrons. The van der Waals surface area contributed by atoms with Crippen LogP contribution in [0.2, 0.25) is 10.2 Å². The lowest BCUT2D eigenvalue weighted by molar-refractivity contribution is 0.107. The number of pyridine rings is 1. The predicted octanol–water partition coefficient (Wildman–Crippen LogP) is 5.55. The van der Waals surface area contributed by atoms with Gasteiger partial charge in [0, 0.05) is 19.5 Å². The molecule has 3 aliphatic heterocycles. The number of anilines is 1. The average Bonchev–Trinajstić information content (AvgIpc) is 3.53. The topological polar surface area (TPSA) is 72.8 Å². The van der Waals surface area contributed by atoms with E-state index in [2.05, 4.69) is 84.2 Å². The number of alkyl halides is 1. The lowest BCUT2D eigenvalue weighted by Crippen LogP contribution is -2.67. The Morgan fingerprint density at radius 1 is 1.02 bits per heavy atom. The van der Waals surface area contributed by atoms with Crippen LogP contribution >= 0.6 is 11.6 Å². The molecule has 0 N–H and O–H groups in total. The van der Waals surface area contributed by atoms with Gasteiger partial charge < -0.3 is 18.8 Å². The van der Waals surface area contributed by atoms with Crippen LogP contribution in [0.1, 0.15) is 40.0 Å². The van der Waals surface area contributed by atoms with E-state index < -0.39 is 25.8 Å². The first-order valence-corrected chi connectivity index (χ1v) is 18.6. The maximum absolute atomic E-state index is 15.6. The molecule has 2 saturated heterocycles. The van der Waals surface area contributed by atoms with Crippen molar-refractivity contribution < 1.29 is 22.7 Å². The number of hydrogen-bond donors (Lipinski definition) is 0. The lowest BCUT2D eigenvalue weighted by Gasteiger charge is -2.43. The Bertz CT molecular complexity index is 1710. The van der Waals surface area contributed by atoms with Gasteiger partial charge in [0.1, 0.15) is 36.1 Å². The van der Waals surface area contributed by atoms with E-state index in [1.54, 1.807) is 0 Å². The molecule has 8 nitrogen and oxygen atoms in total. The zero-order chi connectivity index (χ0) is 32.8. The second-order valence-corrected chi connectivity index (χ2v) is 18.5. The minimum atomic E-state index is -2.80. The highest BCUT2D eigenvalue weighted by atomic mass is 35.5. The molecule has 2 aromatic heterocycles. The zero-order valence-electron chi connectivity index (χ0n) is 27.0. The van der Waals surface area contributed by atoms with E-state index in [0.717, 1.165) is 19.4 Å². The van der Waals surface area contributed by atoms with E-state index in [4.69, 9.17) is 30.5 Å². The number of nitrogens with zero attached hydrogens (tertiary/aromatic N) is 5. The smallest absolute Gasteiger partial charge is 0.319 e. The molecule has 0 bridgehead atoms. The second kappa shape index (κ2) is 12.6. The summed E-state index contributed by atoms with van der Waals surface area (Å²) in [6, 6.07) is 21.0. The lowest BCUT2D eigenvalue weighted by atomic mass is 9.95. The van der Waals surface area contributed by atoms with Crippen molar-refractivity contribution in [2.24, 2.45) is 0 Å². The Hall–Kier alpha value is -3.38. The summed E-state index contributed by atoms with van der Waals surface area (Å²) in [7, 11) is -2.80. The van der Waals surface area contributed by atoms with Gasteiger partial charge in [0.25, 0.3) is 8.32 Å². The molecule has 12 heteroatoms. The van der Waals surface area contributed by atoms with Crippen LogP contribution in [0.25, 0.3) is 10.9 Å². The molecule has 248 valence electrons. The summed E-state index contributed by atoms with van der Waals surface area (Å²) in [6.07, 6.45) is 1.33. The molecular formula is C35H40ClF2N5O3Si. The zero-order valence-corrected chi connectivity index (χ0v) is 28.8. The molecule has 0 unspecified atom stereocenters. The summed E-state index contributed by atoms with van der Waals surface area (Å²) in [4.78, 5) is 17.7. The Morgan fingerprint density at radius 3 is 2.40 bits per heavy atom. The second-order valence-electron chi connectivity index (χ2n) is 13.8. The standard InChI is InChI=1S/C35H40ClF2N5O3Si/c1-34(2,3)47(25-11-6-4-7-12-25,26-13-8-5-9-14-26)46-20-18-42-17-19-44-32-27-29(28(38)30(36)40-32)39-33(41-31(27)42)45-23-35-15-10-16-43(35)22-24(37)21-35/h4-9,11-14,24H,10,15-23H2,1-3H3/t24-,35+/m1/s1. The van der Waals surface area contributed by atoms with E-state index in [1.807, 2.05) is 17.0 Å². The summed E-state index contributed by atoms with van der Waals surface area (Å²) in [5.74, 6) is -0.138. The summed E-state index contributed by atoms with van der Waals surface area (Å²) >= 11 is 6.21. The van der Waals surface area contributed by atoms with Crippen LogP contribution in [0.3, 0.4) is 0 Å². The summed E-state index contributed by atoms with van der Waals surface area (Å²) in [6.45, 7) is 9.75. The molecule has 0 amide bonds. The molecule has 2 atom stereocenters. The van der Waals surface area contributed by atoms with Crippen LogP contribution in [0.4, 0.5) is 14.6 Å². The van der Waals surface area contributed by atoms with Gasteiger partial charge in [-0.1, -0.05) is 93.0 Å². The molecule has 3 aliphatic rings. The Kier molecular flexibility index (Phi) is 8.61. The Morgan fingerprint density at radius 2 is 1.72 bits per heavy atom. The number of halogens is 3. The normalized spacial score (nSPS) is 21.5. The van der Waals surface area contributed by atoms with Crippen molar-refractivity contribution >= 4 is 47.0 Å². The van der Waals surface area contributed by atoms with Crippen molar-refractivity contribution in [3.8, 4) is 11.9 Å². The van der Waals surface area contributed by atoms with Gasteiger partial charge in [-0.3, -0.25) is 4.90 Å². The molecule has 2 fully saturated rings. The van der Waals surface area contributed by atoms with E-state index in [1.165, 1.54) is 10.4 Å². The van der Waals surface area contributed by atoms with E-state index in [9.17, 15) is 4.39 Å². The third-order valence-corrected chi connectivity index (χ3v) is 15.2. The van der Waals surface area contributed by atoms with Crippen molar-refractivity contribution in [1.82, 2.24) is 19.9 Å². The molecular weight excluding hydrogens is 640 g/mol. The van der Waals surface area contributed by atoms with Gasteiger partial charge in [-0.25, -0.2) is 8.78 Å². The van der Waals surface area contributed by atoms with Crippen molar-refractivity contribution in [3.63, 3.8) is 0 Å². The fourth-order valence-corrected chi connectivity index (χ4v) is 12.5. The molecule has 4 aromatic rings. The van der Waals surface area contributed by atoms with Crippen LogP contribution in [0.15, 0.2) is 60.7 Å². The van der Waals surface area contributed by atoms with E-state index >= 15 is 4.39 Å². The third kappa shape index (κ3) is 5.75. The highest BCUT2D eigenvalue weighted by molar-refractivity contribution is 6.99. The SMILES string of the molecule is CC(C)(C)[Si](OCCN1CCOc2nc(Cl)c(F)c3nc(OC[C@@]45CCCN4C[C@H](F)C5)nc1c23)(c1ccccc1)c1ccccc1. The minimum absolute atomic E-state index is 0.0166. The average molecular weight is 680 g/mol. The number of fused-ring (bicyclic) bond motifs is 1. The van der Waals surface area contributed by atoms with E-state index in [0.29, 0.717) is 43.9 Å². The quantitative estimate of drug-likeness (QED) is 0.169. The van der Waals surface area contributed by atoms with E-state index in [-0.39, 0.29) is 40.8 Å². The monoisotopic (exact) mass is 679 g/mol. The first-order valence-electron chi connectivity index (χ1n) is 16.3. The number of benzene rings is 2. The molecule has 5 heterocycles. The summed E-state index contributed by atoms with van der Waals surface area (Å²) in [5, 5.41) is 2.19. The maximum Gasteiger partial charge on any atom is 0.319 e. The van der Waals surface area contributed by atoms with Gasteiger partial charge in [0.15, 0.2) is 11.0 Å². The molecule has 0 spiro atoms. The molecule has 47 heavy (non-hydrogen) atoms. The fourth-order valence-electron chi connectivity index (χ4n) is 7.77. The third-order valence-electron chi connectivity index (χ3n) is 9.90. The van der Waals surface area contributed by atoms with Crippen molar-refractivity contribution in [3.05, 3.63) is 71.6 Å². The van der Waals surface area contributed by atoms with Crippen molar-refractivity contribution in [2.75, 3.05) is 50.9 Å². The summed E-state index contributed by atoms with van der Waals surface area (Å²) in [5.41, 5.74) is -0.423. The van der Waals surface area contributed by atoms with Gasteiger partial charge in [-0.2, -0.15) is 15.0 Å². The Labute approximate surface area is 280 Å². The maximum atomic E-state index is 15.6. The van der Waals surface area contributed by atoms with Gasteiger partial charge >= 0.3 is 6.01 Å². The fraction of sp³-hybridized carbons (Fsp3) is 0.457. The van der Waals surface area contributed by atoms with Crippen LogP contribution in [-0.4, -0.2) is 85.9 Å². The van der Waals surface area contributed by atoms with Crippen LogP contribution in [0.5, 0.6) is 11.9 Å². The highest BCUT2D eigenvalue weighted by Crippen LogP contribution is 2.42. The number of hydrogen-bond acceptors (Lipinski definition) is 8. The molecule has 2 aromatic carbocycles. The minimum Gasteiger partial charge on any atom is -0.475 e. The van der Waals surface area contributed by atoms with Crippen LogP contribution < -0.4 is 24.7 Å². The number of ether oxygens (including phenoxy) is 2. The molecule has 7 rings (SSSR count). The largest absolute Gasteiger partial charge is 0.475 e. The van der Waals surface area contributed by atoms with Crippen molar-refractivity contribution in [1.29, 1.82) is 0 Å². The van der Waals surface area contributed by atoms with Gasteiger partial charge in [-0.15, -0.1) is 0 Å². The van der Waals surface area contributed by atoms with Gasteiger partial charge in [0.05, 0.1) is 18.7 Å². The molecule has 0 saturated carbocycles. The molecule has 0 aliphatic carbocycles. The Balaban J connectivity index is 1.23. The van der Waals surface area contributed by atoms with Gasteiger partial charge in [-0.05, 0) is 34.8 Å². The van der Waals surface area contributed by atoms with Crippen molar-refractivity contribution in [2.45, 2.75) is 56.8 Å². The first kappa shape index (κ1) is 32.2. The highest BCUT2D eigenvalue weighted by Gasteiger charge is 2.51. The van der Waals surface area contributed by atoms with Crippen LogP contribution in [0, 0.1) is 5.82 Å². The van der Waals surface area contributed by atoms with Gasteiger partial charge in [0.2, 0.25) is 5.88 Å². The first-order chi connectivity index (χ1) is 22.6.